The van der Waals surface area contributed by atoms with Crippen molar-refractivity contribution in [2.75, 3.05) is 29.1 Å². The molecular formula is C23H25N3O5. The molecule has 0 fully saturated rings. The molecule has 1 aromatic heterocycles. The van der Waals surface area contributed by atoms with E-state index < -0.39 is 11.7 Å². The lowest BCUT2D eigenvalue weighted by Crippen LogP contribution is -2.24. The quantitative estimate of drug-likeness (QED) is 0.367. The Morgan fingerprint density at radius 3 is 2.42 bits per heavy atom. The van der Waals surface area contributed by atoms with E-state index >= 15 is 0 Å². The molecule has 0 saturated carbocycles. The second-order valence-electron chi connectivity index (χ2n) is 6.82. The number of benzene rings is 2. The van der Waals surface area contributed by atoms with Crippen molar-refractivity contribution in [3.05, 3.63) is 64.5 Å². The molecule has 0 radical (unpaired) electrons. The number of hydrogen-bond donors (Lipinski definition) is 3. The minimum atomic E-state index is -0.641. The van der Waals surface area contributed by atoms with Crippen molar-refractivity contribution in [1.29, 1.82) is 0 Å². The first kappa shape index (κ1) is 21.9. The molecular weight excluding hydrogens is 398 g/mol. The summed E-state index contributed by atoms with van der Waals surface area (Å²) in [7, 11) is 0. The molecule has 31 heavy (non-hydrogen) atoms. The number of urea groups is 1. The van der Waals surface area contributed by atoms with E-state index in [9.17, 15) is 14.4 Å². The Kier molecular flexibility index (Phi) is 7.26. The minimum Gasteiger partial charge on any atom is -0.466 e. The number of esters is 1. The molecule has 8 heteroatoms. The van der Waals surface area contributed by atoms with E-state index in [1.807, 2.05) is 19.1 Å². The van der Waals surface area contributed by atoms with Gasteiger partial charge >= 0.3 is 17.6 Å². The van der Waals surface area contributed by atoms with Crippen LogP contribution in [0.4, 0.5) is 21.9 Å². The van der Waals surface area contributed by atoms with Crippen molar-refractivity contribution in [2.45, 2.75) is 26.7 Å². The molecule has 3 rings (SSSR count). The van der Waals surface area contributed by atoms with Crippen LogP contribution in [0.25, 0.3) is 11.0 Å². The van der Waals surface area contributed by atoms with Crippen LogP contribution in [0.15, 0.2) is 57.7 Å². The van der Waals surface area contributed by atoms with E-state index in [1.54, 1.807) is 43.3 Å². The normalized spacial score (nSPS) is 10.5. The lowest BCUT2D eigenvalue weighted by atomic mass is 10.1. The van der Waals surface area contributed by atoms with E-state index in [1.165, 1.54) is 0 Å². The van der Waals surface area contributed by atoms with Gasteiger partial charge in [-0.3, -0.25) is 10.1 Å². The molecule has 0 aliphatic rings. The van der Waals surface area contributed by atoms with Crippen molar-refractivity contribution in [3.63, 3.8) is 0 Å². The van der Waals surface area contributed by atoms with E-state index in [-0.39, 0.29) is 18.1 Å². The summed E-state index contributed by atoms with van der Waals surface area (Å²) < 4.78 is 10.3. The number of amides is 2. The Morgan fingerprint density at radius 2 is 1.71 bits per heavy atom. The summed E-state index contributed by atoms with van der Waals surface area (Å²) in [4.78, 5) is 36.6. The number of anilines is 3. The van der Waals surface area contributed by atoms with E-state index in [4.69, 9.17) is 9.15 Å². The monoisotopic (exact) mass is 423 g/mol. The van der Waals surface area contributed by atoms with Gasteiger partial charge in [0.1, 0.15) is 5.58 Å². The van der Waals surface area contributed by atoms with Crippen LogP contribution < -0.4 is 21.6 Å². The zero-order chi connectivity index (χ0) is 22.2. The summed E-state index contributed by atoms with van der Waals surface area (Å²) in [6.07, 6.45) is 1.00. The first-order valence-corrected chi connectivity index (χ1v) is 10.1. The number of ether oxygens (including phenoxy) is 1. The highest BCUT2D eigenvalue weighted by Gasteiger charge is 2.17. The van der Waals surface area contributed by atoms with Gasteiger partial charge in [-0.2, -0.15) is 0 Å². The fourth-order valence-corrected chi connectivity index (χ4v) is 3.06. The molecule has 0 bridgehead atoms. The number of fused-ring (bicyclic) bond motifs is 1. The molecule has 2 aromatic carbocycles. The maximum Gasteiger partial charge on any atom is 0.362 e. The summed E-state index contributed by atoms with van der Waals surface area (Å²) in [6, 6.07) is 13.4. The molecule has 2 amide bonds. The van der Waals surface area contributed by atoms with Gasteiger partial charge in [-0.15, -0.1) is 0 Å². The molecule has 0 unspecified atom stereocenters. The first-order chi connectivity index (χ1) is 15.0. The molecule has 3 aromatic rings. The van der Waals surface area contributed by atoms with Crippen molar-refractivity contribution >= 4 is 40.0 Å². The summed E-state index contributed by atoms with van der Waals surface area (Å²) in [6.45, 7) is 4.72. The van der Waals surface area contributed by atoms with Crippen LogP contribution in [-0.4, -0.2) is 25.2 Å². The summed E-state index contributed by atoms with van der Waals surface area (Å²) in [5.74, 6) is -0.309. The Balaban J connectivity index is 1.76. The number of hydrogen-bond acceptors (Lipinski definition) is 6. The predicted octanol–water partition coefficient (Wildman–Crippen LogP) is 4.36. The number of nitrogens with one attached hydrogen (secondary N) is 3. The SMILES string of the molecule is CCCNc1c(NC(=O)Nc2ccc(CC(=O)OCC)cc2)c(=O)oc2ccccc12. The van der Waals surface area contributed by atoms with Crippen LogP contribution in [0.5, 0.6) is 0 Å². The molecule has 1 heterocycles. The van der Waals surface area contributed by atoms with Gasteiger partial charge in [0.2, 0.25) is 0 Å². The fourth-order valence-electron chi connectivity index (χ4n) is 3.06. The van der Waals surface area contributed by atoms with Gasteiger partial charge in [-0.25, -0.2) is 9.59 Å². The van der Waals surface area contributed by atoms with Crippen molar-refractivity contribution in [3.8, 4) is 0 Å². The number of para-hydroxylation sites is 1. The van der Waals surface area contributed by atoms with Gasteiger partial charge in [-0.05, 0) is 43.2 Å². The zero-order valence-corrected chi connectivity index (χ0v) is 17.5. The third-order valence-electron chi connectivity index (χ3n) is 4.47. The van der Waals surface area contributed by atoms with Gasteiger partial charge in [0, 0.05) is 17.6 Å². The van der Waals surface area contributed by atoms with Crippen molar-refractivity contribution in [2.24, 2.45) is 0 Å². The van der Waals surface area contributed by atoms with Gasteiger partial charge in [-0.1, -0.05) is 31.2 Å². The molecule has 0 atom stereocenters. The zero-order valence-electron chi connectivity index (χ0n) is 17.5. The maximum absolute atomic E-state index is 12.5. The lowest BCUT2D eigenvalue weighted by molar-refractivity contribution is -0.142. The number of carbonyl (C=O) groups is 2. The van der Waals surface area contributed by atoms with Gasteiger partial charge < -0.3 is 19.8 Å². The Morgan fingerprint density at radius 1 is 0.968 bits per heavy atom. The predicted molar refractivity (Wildman–Crippen MR) is 121 cm³/mol. The number of carbonyl (C=O) groups excluding carboxylic acids is 2. The lowest BCUT2D eigenvalue weighted by Gasteiger charge is -2.14. The van der Waals surface area contributed by atoms with Crippen molar-refractivity contribution < 1.29 is 18.7 Å². The second kappa shape index (κ2) is 10.3. The Labute approximate surface area is 179 Å². The van der Waals surface area contributed by atoms with Crippen LogP contribution in [0.1, 0.15) is 25.8 Å². The number of rotatable bonds is 8. The smallest absolute Gasteiger partial charge is 0.362 e. The van der Waals surface area contributed by atoms with Crippen LogP contribution in [0, 0.1) is 0 Å². The average molecular weight is 423 g/mol. The topological polar surface area (TPSA) is 110 Å². The Hall–Kier alpha value is -3.81. The fraction of sp³-hybridized carbons (Fsp3) is 0.261. The second-order valence-corrected chi connectivity index (χ2v) is 6.82. The van der Waals surface area contributed by atoms with Gasteiger partial charge in [0.05, 0.1) is 18.7 Å². The maximum atomic E-state index is 12.5. The third-order valence-corrected chi connectivity index (χ3v) is 4.47. The summed E-state index contributed by atoms with van der Waals surface area (Å²) in [5.41, 5.74) is 1.65. The van der Waals surface area contributed by atoms with E-state index in [2.05, 4.69) is 16.0 Å². The molecule has 8 nitrogen and oxygen atoms in total. The first-order valence-electron chi connectivity index (χ1n) is 10.1. The van der Waals surface area contributed by atoms with Crippen LogP contribution in [0.2, 0.25) is 0 Å². The molecule has 0 spiro atoms. The Bertz CT molecular complexity index is 1120. The van der Waals surface area contributed by atoms with Gasteiger partial charge in [0.25, 0.3) is 0 Å². The molecule has 0 aliphatic heterocycles. The highest BCUT2D eigenvalue weighted by Crippen LogP contribution is 2.28. The van der Waals surface area contributed by atoms with Gasteiger partial charge in [0.15, 0.2) is 5.69 Å². The minimum absolute atomic E-state index is 0.0450. The summed E-state index contributed by atoms with van der Waals surface area (Å²) >= 11 is 0. The molecule has 0 saturated heterocycles. The standard InChI is InChI=1S/C23H25N3O5/c1-3-13-24-20-17-7-5-6-8-18(17)31-22(28)21(20)26-23(29)25-16-11-9-15(10-12-16)14-19(27)30-4-2/h5-12,24H,3-4,13-14H2,1-2H3,(H2,25,26,29). The average Bonchev–Trinajstić information content (AvgIpc) is 2.75. The highest BCUT2D eigenvalue weighted by molar-refractivity contribution is 6.05. The van der Waals surface area contributed by atoms with Crippen LogP contribution in [-0.2, 0) is 16.0 Å². The van der Waals surface area contributed by atoms with E-state index in [0.29, 0.717) is 35.5 Å². The molecule has 162 valence electrons. The largest absolute Gasteiger partial charge is 0.466 e. The summed E-state index contributed by atoms with van der Waals surface area (Å²) in [5, 5.41) is 9.19. The molecule has 0 aliphatic carbocycles. The van der Waals surface area contributed by atoms with E-state index in [0.717, 1.165) is 12.0 Å². The van der Waals surface area contributed by atoms with Crippen molar-refractivity contribution in [1.82, 2.24) is 0 Å². The molecule has 3 N–H and O–H groups in total. The van der Waals surface area contributed by atoms with Crippen LogP contribution >= 0.6 is 0 Å². The van der Waals surface area contributed by atoms with Crippen LogP contribution in [0.3, 0.4) is 0 Å². The third kappa shape index (κ3) is 5.63. The highest BCUT2D eigenvalue weighted by atomic mass is 16.5.